The van der Waals surface area contributed by atoms with Crippen molar-refractivity contribution in [2.45, 2.75) is 121 Å². The van der Waals surface area contributed by atoms with E-state index in [0.29, 0.717) is 25.6 Å². The van der Waals surface area contributed by atoms with E-state index in [-0.39, 0.29) is 18.8 Å². The number of ether oxygens (including phenoxy) is 4. The Morgan fingerprint density at radius 3 is 2.06 bits per heavy atom. The van der Waals surface area contributed by atoms with Crippen LogP contribution in [0.25, 0.3) is 0 Å². The van der Waals surface area contributed by atoms with Gasteiger partial charge in [0.2, 0.25) is 0 Å². The first-order chi connectivity index (χ1) is 22.8. The molecular weight excluding hydrogens is 639 g/mol. The molecule has 2 amide bonds. The molecule has 0 unspecified atom stereocenters. The Morgan fingerprint density at radius 1 is 0.918 bits per heavy atom. The maximum Gasteiger partial charge on any atom is 0.410 e. The number of nitrogens with zero attached hydrogens (tertiary/aromatic N) is 2. The van der Waals surface area contributed by atoms with E-state index < -0.39 is 72.4 Å². The van der Waals surface area contributed by atoms with E-state index in [0.717, 1.165) is 41.0 Å². The van der Waals surface area contributed by atoms with Gasteiger partial charge in [-0.2, -0.15) is 0 Å². The van der Waals surface area contributed by atoms with Gasteiger partial charge >= 0.3 is 24.0 Å². The first-order valence-corrected chi connectivity index (χ1v) is 17.0. The second-order valence-corrected chi connectivity index (χ2v) is 14.8. The molecule has 1 aromatic carbocycles. The van der Waals surface area contributed by atoms with Crippen LogP contribution in [0.1, 0.15) is 96.6 Å². The number of amides is 2. The number of rotatable bonds is 16. The van der Waals surface area contributed by atoms with E-state index in [1.807, 2.05) is 24.3 Å². The molecule has 1 aromatic rings. The Balaban J connectivity index is 1.87. The average molecular weight is 693 g/mol. The van der Waals surface area contributed by atoms with Crippen LogP contribution in [0, 0.1) is 5.92 Å². The number of aliphatic carboxylic acids is 1. The van der Waals surface area contributed by atoms with Gasteiger partial charge in [-0.15, -0.1) is 0 Å². The number of carboxylic acid groups (broad SMARTS) is 1. The predicted octanol–water partition coefficient (Wildman–Crippen LogP) is 5.05. The number of carbonyl (C=O) groups excluding carboxylic acids is 4. The van der Waals surface area contributed by atoms with Crippen LogP contribution in [0.3, 0.4) is 0 Å². The smallest absolute Gasteiger partial charge is 0.410 e. The zero-order chi connectivity index (χ0) is 36.5. The zero-order valence-electron chi connectivity index (χ0n) is 29.9. The Kier molecular flexibility index (Phi) is 14.0. The largest absolute Gasteiger partial charge is 0.479 e. The number of aryl methyl sites for hydroxylation is 1. The highest BCUT2D eigenvalue weighted by atomic mass is 19.1. The number of carboxylic acids is 1. The molecule has 274 valence electrons. The Labute approximate surface area is 288 Å². The lowest BCUT2D eigenvalue weighted by molar-refractivity contribution is -0.169. The van der Waals surface area contributed by atoms with Crippen LogP contribution in [-0.4, -0.2) is 108 Å². The van der Waals surface area contributed by atoms with Crippen molar-refractivity contribution in [2.75, 3.05) is 33.9 Å². The standard InChI is InChI=1S/C36H53FN2O10/c1-35(2,3)49-34(45)39(7)28(21-36(4,5)37)33(44)48-29(15-12-23-10-13-25(14-11-23)26-16-18-46-19-17-26)31(42)38(6)27(20-24-8-9-24)32(43)47-22-30(40)41/h10-11,13-14,24,26-29H,8-9,12,15-22H2,1-7H3,(H,40,41)/t27-,28-,29+/m0/s1. The van der Waals surface area contributed by atoms with Crippen LogP contribution >= 0.6 is 0 Å². The molecule has 13 heteroatoms. The Hall–Kier alpha value is -3.74. The first kappa shape index (κ1) is 39.7. The fourth-order valence-corrected chi connectivity index (χ4v) is 5.73. The average Bonchev–Trinajstić information content (AvgIpc) is 3.86. The van der Waals surface area contributed by atoms with Crippen LogP contribution in [0.5, 0.6) is 0 Å². The molecule has 49 heavy (non-hydrogen) atoms. The lowest BCUT2D eigenvalue weighted by Crippen LogP contribution is -2.52. The summed E-state index contributed by atoms with van der Waals surface area (Å²) in [5.74, 6) is -3.36. The van der Waals surface area contributed by atoms with E-state index in [4.69, 9.17) is 24.1 Å². The van der Waals surface area contributed by atoms with Crippen LogP contribution < -0.4 is 0 Å². The molecule has 1 saturated carbocycles. The van der Waals surface area contributed by atoms with E-state index in [9.17, 15) is 24.0 Å². The molecule has 1 N–H and O–H groups in total. The van der Waals surface area contributed by atoms with Crippen molar-refractivity contribution in [2.24, 2.45) is 5.92 Å². The van der Waals surface area contributed by atoms with Crippen molar-refractivity contribution >= 4 is 29.9 Å². The summed E-state index contributed by atoms with van der Waals surface area (Å²) in [5.41, 5.74) is -0.713. The summed E-state index contributed by atoms with van der Waals surface area (Å²) in [7, 11) is 2.69. The minimum Gasteiger partial charge on any atom is -0.479 e. The van der Waals surface area contributed by atoms with Crippen molar-refractivity contribution in [3.8, 4) is 0 Å². The van der Waals surface area contributed by atoms with Gasteiger partial charge in [0, 0.05) is 33.7 Å². The van der Waals surface area contributed by atoms with Gasteiger partial charge in [-0.05, 0) is 89.7 Å². The molecule has 0 bridgehead atoms. The molecule has 12 nitrogen and oxygen atoms in total. The van der Waals surface area contributed by atoms with Crippen molar-refractivity contribution in [3.63, 3.8) is 0 Å². The van der Waals surface area contributed by atoms with Crippen LogP contribution in [0.4, 0.5) is 9.18 Å². The third-order valence-corrected chi connectivity index (χ3v) is 8.68. The van der Waals surface area contributed by atoms with Gasteiger partial charge in [-0.1, -0.05) is 37.1 Å². The maximum atomic E-state index is 15.0. The summed E-state index contributed by atoms with van der Waals surface area (Å²) in [6.45, 7) is 8.07. The predicted molar refractivity (Wildman–Crippen MR) is 178 cm³/mol. The van der Waals surface area contributed by atoms with Gasteiger partial charge in [-0.25, -0.2) is 23.6 Å². The minimum atomic E-state index is -1.90. The lowest BCUT2D eigenvalue weighted by Gasteiger charge is -2.34. The molecule has 1 aliphatic carbocycles. The van der Waals surface area contributed by atoms with E-state index in [1.54, 1.807) is 20.8 Å². The molecule has 0 spiro atoms. The monoisotopic (exact) mass is 692 g/mol. The Morgan fingerprint density at radius 2 is 1.53 bits per heavy atom. The number of hydrogen-bond donors (Lipinski definition) is 1. The van der Waals surface area contributed by atoms with Crippen molar-refractivity contribution in [3.05, 3.63) is 35.4 Å². The van der Waals surface area contributed by atoms with E-state index in [1.165, 1.54) is 33.5 Å². The van der Waals surface area contributed by atoms with Gasteiger partial charge in [0.1, 0.15) is 23.4 Å². The highest BCUT2D eigenvalue weighted by Crippen LogP contribution is 2.35. The number of alkyl halides is 1. The topological polar surface area (TPSA) is 149 Å². The number of likely N-dealkylation sites (N-methyl/N-ethyl adjacent to an activating group) is 2. The number of benzene rings is 1. The molecular formula is C36H53FN2O10. The number of hydrogen-bond acceptors (Lipinski definition) is 9. The second kappa shape index (κ2) is 17.3. The molecule has 1 aliphatic heterocycles. The quantitative estimate of drug-likeness (QED) is 0.184. The lowest BCUT2D eigenvalue weighted by atomic mass is 9.90. The third-order valence-electron chi connectivity index (χ3n) is 8.68. The first-order valence-electron chi connectivity index (χ1n) is 17.0. The van der Waals surface area contributed by atoms with Gasteiger partial charge in [0.15, 0.2) is 12.7 Å². The second-order valence-electron chi connectivity index (χ2n) is 14.8. The fraction of sp³-hybridized carbons (Fsp3) is 0.694. The SMILES string of the molecule is CN(C(=O)OC(C)(C)C)[C@@H](CC(C)(C)F)C(=O)O[C@H](CCc1ccc(C2CCOCC2)cc1)C(=O)N(C)[C@@H](CC1CC1)C(=O)OCC(=O)O. The molecule has 0 radical (unpaired) electrons. The third kappa shape index (κ3) is 13.2. The molecule has 0 aromatic heterocycles. The van der Waals surface area contributed by atoms with E-state index in [2.05, 4.69) is 0 Å². The number of halogens is 1. The van der Waals surface area contributed by atoms with Crippen LogP contribution in [0.15, 0.2) is 24.3 Å². The van der Waals surface area contributed by atoms with Gasteiger partial charge in [-0.3, -0.25) is 9.69 Å². The van der Waals surface area contributed by atoms with Crippen LogP contribution in [-0.2, 0) is 44.5 Å². The summed E-state index contributed by atoms with van der Waals surface area (Å²) in [4.78, 5) is 67.0. The normalized spacial score (nSPS) is 17.3. The van der Waals surface area contributed by atoms with Crippen molar-refractivity contribution < 1.29 is 52.4 Å². The van der Waals surface area contributed by atoms with Gasteiger partial charge < -0.3 is 29.0 Å². The number of carbonyl (C=O) groups is 5. The van der Waals surface area contributed by atoms with Gasteiger partial charge in [0.05, 0.1) is 0 Å². The molecule has 1 saturated heterocycles. The summed E-state index contributed by atoms with van der Waals surface area (Å²) in [6, 6.07) is 5.46. The molecule has 1 heterocycles. The summed E-state index contributed by atoms with van der Waals surface area (Å²) in [6.07, 6.45) is 1.46. The van der Waals surface area contributed by atoms with Crippen LogP contribution in [0.2, 0.25) is 0 Å². The maximum absolute atomic E-state index is 15.0. The highest BCUT2D eigenvalue weighted by molar-refractivity contribution is 5.90. The van der Waals surface area contributed by atoms with E-state index >= 15 is 4.39 Å². The molecule has 3 atom stereocenters. The summed E-state index contributed by atoms with van der Waals surface area (Å²) in [5, 5.41) is 9.04. The summed E-state index contributed by atoms with van der Waals surface area (Å²) < 4.78 is 36.7. The minimum absolute atomic E-state index is 0.0216. The molecule has 3 rings (SSSR count). The number of esters is 2. The van der Waals surface area contributed by atoms with Crippen molar-refractivity contribution in [1.29, 1.82) is 0 Å². The Bertz CT molecular complexity index is 1300. The van der Waals surface area contributed by atoms with Gasteiger partial charge in [0.25, 0.3) is 5.91 Å². The highest BCUT2D eigenvalue weighted by Gasteiger charge is 2.41. The molecule has 2 aliphatic rings. The van der Waals surface area contributed by atoms with Crippen molar-refractivity contribution in [1.82, 2.24) is 9.80 Å². The molecule has 2 fully saturated rings. The fourth-order valence-electron chi connectivity index (χ4n) is 5.73. The zero-order valence-corrected chi connectivity index (χ0v) is 29.9. The summed E-state index contributed by atoms with van der Waals surface area (Å²) >= 11 is 0.